The number of hydrogen-bond donors (Lipinski definition) is 1. The second kappa shape index (κ2) is 4.85. The molecule has 0 aliphatic rings. The molecule has 0 bridgehead atoms. The Morgan fingerprint density at radius 1 is 1.35 bits per heavy atom. The van der Waals surface area contributed by atoms with E-state index in [9.17, 15) is 4.39 Å². The number of hydrogen-bond acceptors (Lipinski definition) is 2. The van der Waals surface area contributed by atoms with Gasteiger partial charge in [0, 0.05) is 12.7 Å². The molecule has 0 aliphatic heterocycles. The SMILES string of the molecule is Cc1nn(Cc2cc(F)cc(CN)c2)cc1Cl. The van der Waals surface area contributed by atoms with Gasteiger partial charge in [0.05, 0.1) is 17.3 Å². The summed E-state index contributed by atoms with van der Waals surface area (Å²) in [7, 11) is 0. The number of nitrogens with zero attached hydrogens (tertiary/aromatic N) is 2. The lowest BCUT2D eigenvalue weighted by Gasteiger charge is -2.05. The number of halogens is 2. The van der Waals surface area contributed by atoms with Crippen LogP contribution in [0.2, 0.25) is 5.02 Å². The van der Waals surface area contributed by atoms with E-state index in [1.165, 1.54) is 12.1 Å². The van der Waals surface area contributed by atoms with Gasteiger partial charge in [-0.05, 0) is 30.2 Å². The van der Waals surface area contributed by atoms with E-state index in [0.717, 1.165) is 16.8 Å². The summed E-state index contributed by atoms with van der Waals surface area (Å²) in [5.41, 5.74) is 7.86. The average molecular weight is 254 g/mol. The lowest BCUT2D eigenvalue weighted by Crippen LogP contribution is -2.03. The van der Waals surface area contributed by atoms with Crippen LogP contribution in [0.1, 0.15) is 16.8 Å². The van der Waals surface area contributed by atoms with Crippen molar-refractivity contribution in [1.82, 2.24) is 9.78 Å². The van der Waals surface area contributed by atoms with Gasteiger partial charge in [-0.15, -0.1) is 0 Å². The first-order valence-electron chi connectivity index (χ1n) is 5.26. The van der Waals surface area contributed by atoms with Crippen molar-refractivity contribution >= 4 is 11.6 Å². The van der Waals surface area contributed by atoms with Crippen molar-refractivity contribution in [3.05, 3.63) is 52.1 Å². The van der Waals surface area contributed by atoms with Crippen LogP contribution in [0.25, 0.3) is 0 Å². The van der Waals surface area contributed by atoms with Crippen LogP contribution in [0.3, 0.4) is 0 Å². The third kappa shape index (κ3) is 2.84. The molecule has 0 fully saturated rings. The summed E-state index contributed by atoms with van der Waals surface area (Å²) in [4.78, 5) is 0. The summed E-state index contributed by atoms with van der Waals surface area (Å²) >= 11 is 5.91. The van der Waals surface area contributed by atoms with Gasteiger partial charge < -0.3 is 5.73 Å². The van der Waals surface area contributed by atoms with Crippen LogP contribution < -0.4 is 5.73 Å². The summed E-state index contributed by atoms with van der Waals surface area (Å²) in [5, 5.41) is 4.83. The zero-order valence-electron chi connectivity index (χ0n) is 9.45. The molecule has 2 rings (SSSR count). The van der Waals surface area contributed by atoms with E-state index in [2.05, 4.69) is 5.10 Å². The Morgan fingerprint density at radius 2 is 2.06 bits per heavy atom. The molecule has 3 nitrogen and oxygen atoms in total. The topological polar surface area (TPSA) is 43.8 Å². The van der Waals surface area contributed by atoms with E-state index >= 15 is 0 Å². The van der Waals surface area contributed by atoms with Crippen LogP contribution in [-0.4, -0.2) is 9.78 Å². The van der Waals surface area contributed by atoms with Gasteiger partial charge in [0.15, 0.2) is 0 Å². The van der Waals surface area contributed by atoms with E-state index in [0.29, 0.717) is 18.1 Å². The summed E-state index contributed by atoms with van der Waals surface area (Å²) in [6.45, 7) is 2.64. The quantitative estimate of drug-likeness (QED) is 0.913. The van der Waals surface area contributed by atoms with Crippen molar-refractivity contribution in [1.29, 1.82) is 0 Å². The Bertz CT molecular complexity index is 517. The molecule has 0 radical (unpaired) electrons. The largest absolute Gasteiger partial charge is 0.326 e. The minimum atomic E-state index is -0.280. The van der Waals surface area contributed by atoms with Crippen LogP contribution in [0.4, 0.5) is 4.39 Å². The van der Waals surface area contributed by atoms with Gasteiger partial charge in [-0.2, -0.15) is 5.10 Å². The van der Waals surface area contributed by atoms with Crippen LogP contribution in [0.5, 0.6) is 0 Å². The van der Waals surface area contributed by atoms with E-state index < -0.39 is 0 Å². The second-order valence-corrected chi connectivity index (χ2v) is 4.34. The van der Waals surface area contributed by atoms with Crippen molar-refractivity contribution in [2.24, 2.45) is 5.73 Å². The normalized spacial score (nSPS) is 10.8. The summed E-state index contributed by atoms with van der Waals surface area (Å²) in [6, 6.07) is 4.78. The minimum Gasteiger partial charge on any atom is -0.326 e. The highest BCUT2D eigenvalue weighted by molar-refractivity contribution is 6.31. The van der Waals surface area contributed by atoms with Gasteiger partial charge in [0.1, 0.15) is 5.82 Å². The summed E-state index contributed by atoms with van der Waals surface area (Å²) < 4.78 is 15.0. The van der Waals surface area contributed by atoms with Crippen molar-refractivity contribution in [3.63, 3.8) is 0 Å². The zero-order valence-corrected chi connectivity index (χ0v) is 10.2. The fourth-order valence-corrected chi connectivity index (χ4v) is 1.84. The standard InChI is InChI=1S/C12H13ClFN3/c1-8-12(13)7-17(16-8)6-10-2-9(5-15)3-11(14)4-10/h2-4,7H,5-6,15H2,1H3. The molecule has 1 aromatic heterocycles. The maximum absolute atomic E-state index is 13.3. The van der Waals surface area contributed by atoms with Crippen LogP contribution in [0, 0.1) is 12.7 Å². The Hall–Kier alpha value is -1.39. The number of benzene rings is 1. The number of aromatic nitrogens is 2. The molecule has 2 N–H and O–H groups in total. The summed E-state index contributed by atoms with van der Waals surface area (Å²) in [5.74, 6) is -0.280. The molecule has 1 aromatic carbocycles. The van der Waals surface area contributed by atoms with E-state index in [4.69, 9.17) is 17.3 Å². The molecule has 0 unspecified atom stereocenters. The third-order valence-electron chi connectivity index (χ3n) is 2.48. The van der Waals surface area contributed by atoms with Crippen LogP contribution in [0.15, 0.2) is 24.4 Å². The highest BCUT2D eigenvalue weighted by Gasteiger charge is 2.04. The van der Waals surface area contributed by atoms with Crippen molar-refractivity contribution in [2.75, 3.05) is 0 Å². The van der Waals surface area contributed by atoms with Crippen molar-refractivity contribution < 1.29 is 4.39 Å². The zero-order chi connectivity index (χ0) is 12.4. The van der Waals surface area contributed by atoms with Crippen LogP contribution >= 0.6 is 11.6 Å². The van der Waals surface area contributed by atoms with Crippen LogP contribution in [-0.2, 0) is 13.1 Å². The van der Waals surface area contributed by atoms with Crippen molar-refractivity contribution in [3.8, 4) is 0 Å². The Morgan fingerprint density at radius 3 is 2.65 bits per heavy atom. The predicted molar refractivity (Wildman–Crippen MR) is 65.4 cm³/mol. The fourth-order valence-electron chi connectivity index (χ4n) is 1.69. The molecule has 0 saturated heterocycles. The fraction of sp³-hybridized carbons (Fsp3) is 0.250. The number of aryl methyl sites for hydroxylation is 1. The molecule has 1 heterocycles. The van der Waals surface area contributed by atoms with Gasteiger partial charge in [0.25, 0.3) is 0 Å². The molecular formula is C12H13ClFN3. The monoisotopic (exact) mass is 253 g/mol. The molecular weight excluding hydrogens is 241 g/mol. The van der Waals surface area contributed by atoms with Gasteiger partial charge in [-0.1, -0.05) is 17.7 Å². The summed E-state index contributed by atoms with van der Waals surface area (Å²) in [6.07, 6.45) is 1.73. The van der Waals surface area contributed by atoms with Crippen molar-refractivity contribution in [2.45, 2.75) is 20.0 Å². The van der Waals surface area contributed by atoms with Gasteiger partial charge in [-0.25, -0.2) is 4.39 Å². The first kappa shape index (κ1) is 12.1. The molecule has 0 spiro atoms. The Labute approximate surface area is 104 Å². The Balaban J connectivity index is 2.26. The first-order chi connectivity index (χ1) is 8.08. The van der Waals surface area contributed by atoms with E-state index in [1.54, 1.807) is 10.9 Å². The number of nitrogens with two attached hydrogens (primary N) is 1. The molecule has 2 aromatic rings. The third-order valence-corrected chi connectivity index (χ3v) is 2.86. The lowest BCUT2D eigenvalue weighted by molar-refractivity contribution is 0.616. The minimum absolute atomic E-state index is 0.280. The molecule has 0 saturated carbocycles. The van der Waals surface area contributed by atoms with E-state index in [1.807, 2.05) is 13.0 Å². The van der Waals surface area contributed by atoms with Gasteiger partial charge in [-0.3, -0.25) is 4.68 Å². The highest BCUT2D eigenvalue weighted by Crippen LogP contribution is 2.15. The lowest BCUT2D eigenvalue weighted by atomic mass is 10.1. The number of rotatable bonds is 3. The molecule has 0 amide bonds. The molecule has 0 atom stereocenters. The highest BCUT2D eigenvalue weighted by atomic mass is 35.5. The maximum atomic E-state index is 13.3. The average Bonchev–Trinajstić information content (AvgIpc) is 2.57. The van der Waals surface area contributed by atoms with Gasteiger partial charge in [0.2, 0.25) is 0 Å². The Kier molecular flexibility index (Phi) is 3.45. The second-order valence-electron chi connectivity index (χ2n) is 3.93. The molecule has 17 heavy (non-hydrogen) atoms. The van der Waals surface area contributed by atoms with E-state index in [-0.39, 0.29) is 5.82 Å². The first-order valence-corrected chi connectivity index (χ1v) is 5.64. The van der Waals surface area contributed by atoms with Gasteiger partial charge >= 0.3 is 0 Å². The maximum Gasteiger partial charge on any atom is 0.123 e. The molecule has 90 valence electrons. The molecule has 5 heteroatoms. The molecule has 0 aliphatic carbocycles. The predicted octanol–water partition coefficient (Wildman–Crippen LogP) is 2.49. The smallest absolute Gasteiger partial charge is 0.123 e.